The highest BCUT2D eigenvalue weighted by atomic mass is 35.5. The molecule has 2 aliphatic rings. The average Bonchev–Trinajstić information content (AvgIpc) is 2.98. The summed E-state index contributed by atoms with van der Waals surface area (Å²) < 4.78 is 1.80. The van der Waals surface area contributed by atoms with Crippen LogP contribution in [0.3, 0.4) is 0 Å². The number of amides is 2. The monoisotopic (exact) mass is 685 g/mol. The van der Waals surface area contributed by atoms with Gasteiger partial charge < -0.3 is 26.4 Å². The van der Waals surface area contributed by atoms with Crippen molar-refractivity contribution >= 4 is 88.3 Å². The fraction of sp³-hybridized carbons (Fsp3) is 0.296. The van der Waals surface area contributed by atoms with Crippen LogP contribution in [-0.4, -0.2) is 85.3 Å². The van der Waals surface area contributed by atoms with E-state index in [0.717, 1.165) is 22.7 Å². The number of aliphatic hydroxyl groups excluding tert-OH is 1. The maximum Gasteiger partial charge on any atom is 0.352 e. The van der Waals surface area contributed by atoms with Gasteiger partial charge in [-0.15, -0.1) is 35.3 Å². The van der Waals surface area contributed by atoms with Crippen LogP contribution in [0.15, 0.2) is 63.8 Å². The van der Waals surface area contributed by atoms with Crippen LogP contribution >= 0.6 is 58.5 Å². The predicted molar refractivity (Wildman–Crippen MR) is 166 cm³/mol. The number of benzene rings is 1. The van der Waals surface area contributed by atoms with Gasteiger partial charge in [0.2, 0.25) is 5.91 Å². The highest BCUT2D eigenvalue weighted by Crippen LogP contribution is 2.42. The second-order valence-electron chi connectivity index (χ2n) is 9.39. The van der Waals surface area contributed by atoms with Gasteiger partial charge in [-0.25, -0.2) is 14.2 Å². The number of aliphatic hydroxyl groups is 1. The highest BCUT2D eigenvalue weighted by molar-refractivity contribution is 8.01. The molecule has 1 unspecified atom stereocenters. The minimum Gasteiger partial charge on any atom is -0.478 e. The Morgan fingerprint density at radius 2 is 1.91 bits per heavy atom. The number of aliphatic carboxylic acids is 2. The molecule has 2 aliphatic heterocycles. The number of pyridine rings is 1. The van der Waals surface area contributed by atoms with Crippen molar-refractivity contribution in [2.24, 2.45) is 5.73 Å². The first-order valence-electron chi connectivity index (χ1n) is 12.7. The Kier molecular flexibility index (Phi) is 11.5. The molecule has 3 atom stereocenters. The van der Waals surface area contributed by atoms with Crippen LogP contribution in [0.1, 0.15) is 5.56 Å². The van der Waals surface area contributed by atoms with E-state index in [2.05, 4.69) is 5.32 Å². The van der Waals surface area contributed by atoms with Gasteiger partial charge in [0.25, 0.3) is 5.91 Å². The number of carbonyl (C=O) groups is 4. The summed E-state index contributed by atoms with van der Waals surface area (Å²) in [6.45, 7) is 0.521. The van der Waals surface area contributed by atoms with Crippen molar-refractivity contribution in [3.63, 3.8) is 0 Å². The van der Waals surface area contributed by atoms with Gasteiger partial charge in [0, 0.05) is 51.1 Å². The van der Waals surface area contributed by atoms with E-state index in [-0.39, 0.29) is 28.0 Å². The molecule has 1 fully saturated rings. The Labute approximate surface area is 269 Å². The third kappa shape index (κ3) is 8.26. The molecule has 3 heterocycles. The Balaban J connectivity index is 1.34. The topological polar surface area (TPSA) is 174 Å². The van der Waals surface area contributed by atoms with Gasteiger partial charge in [0.15, 0.2) is 18.9 Å². The number of carbonyl (C=O) groups excluding carboxylic acids is 2. The first-order chi connectivity index (χ1) is 20.5. The van der Waals surface area contributed by atoms with Crippen LogP contribution in [0.2, 0.25) is 10.0 Å². The number of thioether (sulfide) groups is 3. The van der Waals surface area contributed by atoms with E-state index in [1.807, 2.05) is 12.1 Å². The number of halogens is 2. The summed E-state index contributed by atoms with van der Waals surface area (Å²) in [4.78, 5) is 51.3. The second-order valence-corrected chi connectivity index (χ2v) is 13.4. The molecule has 4 rings (SSSR count). The molecular formula is C27H27Cl2N4O7S3+. The zero-order valence-electron chi connectivity index (χ0n) is 22.3. The number of β-lactam (4-membered cyclic amide) rings is 1. The van der Waals surface area contributed by atoms with Crippen LogP contribution in [0.4, 0.5) is 0 Å². The number of carboxylic acids is 2. The molecule has 0 spiro atoms. The summed E-state index contributed by atoms with van der Waals surface area (Å²) in [6.07, 6.45) is 5.21. The molecule has 11 nitrogen and oxygen atoms in total. The van der Waals surface area contributed by atoms with E-state index in [9.17, 15) is 29.4 Å². The van der Waals surface area contributed by atoms with Crippen molar-refractivity contribution in [1.29, 1.82) is 0 Å². The lowest BCUT2D eigenvalue weighted by atomic mass is 10.0. The number of hydrogen-bond donors (Lipinski definition) is 5. The summed E-state index contributed by atoms with van der Waals surface area (Å²) in [6, 6.07) is 5.88. The molecule has 228 valence electrons. The van der Waals surface area contributed by atoms with E-state index < -0.39 is 41.3 Å². The maximum atomic E-state index is 13.0. The van der Waals surface area contributed by atoms with Gasteiger partial charge in [-0.2, -0.15) is 0 Å². The molecule has 0 radical (unpaired) electrons. The van der Waals surface area contributed by atoms with Gasteiger partial charge >= 0.3 is 11.9 Å². The Morgan fingerprint density at radius 1 is 1.19 bits per heavy atom. The van der Waals surface area contributed by atoms with E-state index in [1.54, 1.807) is 17.0 Å². The molecule has 0 aliphatic carbocycles. The first-order valence-corrected chi connectivity index (χ1v) is 16.5. The standard InChI is InChI=1S/C27H26Cl2N4O7S3/c28-18-8-20(19(29)7-14(18)1-2-22(36)37)42-13-21(35)31-23-25(38)33-24(27(39)40)15(12-43-26(23)33)11-41-17-3-5-32(6-4-17)10-16(34)9-30/h1-8,16,23,26,34H,9-13,30H2,(H2-,31,35,36,37,39,40)/p+1/t16?,23-,26+/m0/s1. The number of nitrogens with two attached hydrogens (primary N) is 1. The smallest absolute Gasteiger partial charge is 0.352 e. The maximum absolute atomic E-state index is 13.0. The van der Waals surface area contributed by atoms with Crippen molar-refractivity contribution in [1.82, 2.24) is 10.2 Å². The van der Waals surface area contributed by atoms with Crippen LogP contribution < -0.4 is 15.6 Å². The average molecular weight is 687 g/mol. The number of fused-ring (bicyclic) bond motifs is 1. The Morgan fingerprint density at radius 3 is 2.56 bits per heavy atom. The van der Waals surface area contributed by atoms with Crippen molar-refractivity contribution in [2.75, 3.05) is 23.8 Å². The zero-order chi connectivity index (χ0) is 31.3. The minimum absolute atomic E-state index is 0.0587. The molecule has 0 bridgehead atoms. The quantitative estimate of drug-likeness (QED) is 0.0906. The zero-order valence-corrected chi connectivity index (χ0v) is 26.3. The lowest BCUT2D eigenvalue weighted by Crippen LogP contribution is -2.70. The van der Waals surface area contributed by atoms with Gasteiger partial charge in [0.1, 0.15) is 23.2 Å². The molecular weight excluding hydrogens is 659 g/mol. The van der Waals surface area contributed by atoms with Crippen LogP contribution in [0.25, 0.3) is 6.08 Å². The van der Waals surface area contributed by atoms with E-state index in [1.165, 1.54) is 46.6 Å². The third-order valence-electron chi connectivity index (χ3n) is 6.35. The van der Waals surface area contributed by atoms with Crippen LogP contribution in [-0.2, 0) is 25.7 Å². The molecule has 6 N–H and O–H groups in total. The van der Waals surface area contributed by atoms with Crippen LogP contribution in [0.5, 0.6) is 0 Å². The number of aromatic nitrogens is 1. The SMILES string of the molecule is NCC(O)C[n+]1ccc(SCC2=C(C(=O)O)N3C(=O)[C@H](NC(=O)CSc4cc(Cl)c(C=CC(=O)O)cc4Cl)[C@H]3SC2)cc1. The molecule has 1 saturated heterocycles. The van der Waals surface area contributed by atoms with Gasteiger partial charge in [-0.1, -0.05) is 23.2 Å². The summed E-state index contributed by atoms with van der Waals surface area (Å²) >= 11 is 16.4. The third-order valence-corrected chi connectivity index (χ3v) is 10.6. The molecule has 0 saturated carbocycles. The highest BCUT2D eigenvalue weighted by Gasteiger charge is 2.54. The van der Waals surface area contributed by atoms with E-state index in [0.29, 0.717) is 34.1 Å². The predicted octanol–water partition coefficient (Wildman–Crippen LogP) is 2.32. The van der Waals surface area contributed by atoms with Crippen molar-refractivity contribution in [3.8, 4) is 0 Å². The number of nitrogens with zero attached hydrogens (tertiary/aromatic N) is 2. The number of rotatable bonds is 13. The molecule has 16 heteroatoms. The number of hydrogen-bond acceptors (Lipinski definition) is 9. The summed E-state index contributed by atoms with van der Waals surface area (Å²) in [5.41, 5.74) is 6.41. The lowest BCUT2D eigenvalue weighted by molar-refractivity contribution is -0.703. The summed E-state index contributed by atoms with van der Waals surface area (Å²) in [5, 5.41) is 31.1. The minimum atomic E-state index is -1.20. The molecule has 2 amide bonds. The normalized spacial score (nSPS) is 18.8. The van der Waals surface area contributed by atoms with Gasteiger partial charge in [0.05, 0.1) is 10.8 Å². The molecule has 1 aromatic heterocycles. The van der Waals surface area contributed by atoms with Gasteiger partial charge in [-0.05, 0) is 29.3 Å². The van der Waals surface area contributed by atoms with Crippen molar-refractivity contribution in [3.05, 3.63) is 69.6 Å². The van der Waals surface area contributed by atoms with Crippen LogP contribution in [0, 0.1) is 0 Å². The largest absolute Gasteiger partial charge is 0.478 e. The Bertz CT molecular complexity index is 1490. The van der Waals surface area contributed by atoms with Gasteiger partial charge in [-0.3, -0.25) is 14.5 Å². The van der Waals surface area contributed by atoms with Crippen molar-refractivity contribution < 1.29 is 39.1 Å². The fourth-order valence-corrected chi connectivity index (χ4v) is 8.01. The lowest BCUT2D eigenvalue weighted by Gasteiger charge is -2.49. The molecule has 2 aromatic rings. The van der Waals surface area contributed by atoms with E-state index in [4.69, 9.17) is 34.0 Å². The number of carboxylic acid groups (broad SMARTS) is 2. The van der Waals surface area contributed by atoms with Crippen molar-refractivity contribution in [2.45, 2.75) is 33.9 Å². The summed E-state index contributed by atoms with van der Waals surface area (Å²) in [7, 11) is 0. The Hall–Kier alpha value is -2.72. The molecule has 43 heavy (non-hydrogen) atoms. The van der Waals surface area contributed by atoms with E-state index >= 15 is 0 Å². The summed E-state index contributed by atoms with van der Waals surface area (Å²) in [5.74, 6) is -2.60. The first kappa shape index (κ1) is 33.2. The fourth-order valence-electron chi connectivity index (χ4n) is 4.25. The number of nitrogens with one attached hydrogen (secondary N) is 1. The second kappa shape index (κ2) is 14.8. The molecule has 1 aromatic carbocycles.